The first-order valence-corrected chi connectivity index (χ1v) is 6.87. The van der Waals surface area contributed by atoms with Crippen molar-refractivity contribution in [1.29, 1.82) is 0 Å². The quantitative estimate of drug-likeness (QED) is 0.849. The molecule has 0 spiro atoms. The molecule has 0 aliphatic heterocycles. The highest BCUT2D eigenvalue weighted by molar-refractivity contribution is 6.30. The third-order valence-electron chi connectivity index (χ3n) is 3.78. The first-order valence-electron chi connectivity index (χ1n) is 6.49. The van der Waals surface area contributed by atoms with Crippen molar-refractivity contribution in [3.05, 3.63) is 68.7 Å². The van der Waals surface area contributed by atoms with Gasteiger partial charge in [-0.1, -0.05) is 29.8 Å². The lowest BCUT2D eigenvalue weighted by molar-refractivity contribution is 0.849. The van der Waals surface area contributed by atoms with Crippen LogP contribution in [0.3, 0.4) is 0 Å². The van der Waals surface area contributed by atoms with Crippen molar-refractivity contribution in [2.75, 3.05) is 0 Å². The molecule has 0 fully saturated rings. The Labute approximate surface area is 120 Å². The molecule has 2 aromatic rings. The summed E-state index contributed by atoms with van der Waals surface area (Å²) in [5.74, 6) is 0. The Morgan fingerprint density at radius 2 is 1.37 bits per heavy atom. The summed E-state index contributed by atoms with van der Waals surface area (Å²) >= 11 is 6.00. The number of rotatable bonds is 2. The molecule has 1 nitrogen and oxygen atoms in total. The summed E-state index contributed by atoms with van der Waals surface area (Å²) in [5.41, 5.74) is 13.7. The molecule has 0 amide bonds. The standard InChI is InChI=1S/C17H20ClN/c1-10-7-12(3)16(9-11(10)2)17(19)15-6-5-14(18)8-13(15)4/h5-9,17H,19H2,1-4H3. The fourth-order valence-electron chi connectivity index (χ4n) is 2.47. The molecule has 0 aliphatic rings. The fraction of sp³-hybridized carbons (Fsp3) is 0.294. The van der Waals surface area contributed by atoms with Crippen LogP contribution in [-0.2, 0) is 0 Å². The highest BCUT2D eigenvalue weighted by Crippen LogP contribution is 2.28. The van der Waals surface area contributed by atoms with Crippen LogP contribution in [0, 0.1) is 27.7 Å². The number of benzene rings is 2. The van der Waals surface area contributed by atoms with E-state index in [1.54, 1.807) is 0 Å². The molecule has 0 saturated carbocycles. The van der Waals surface area contributed by atoms with E-state index in [1.807, 2.05) is 18.2 Å². The van der Waals surface area contributed by atoms with E-state index in [9.17, 15) is 0 Å². The molecule has 19 heavy (non-hydrogen) atoms. The van der Waals surface area contributed by atoms with Crippen LogP contribution in [0.25, 0.3) is 0 Å². The minimum Gasteiger partial charge on any atom is -0.320 e. The summed E-state index contributed by atoms with van der Waals surface area (Å²) in [5, 5.41) is 0.755. The second-order valence-electron chi connectivity index (χ2n) is 5.27. The smallest absolute Gasteiger partial charge is 0.0556 e. The molecule has 2 rings (SSSR count). The van der Waals surface area contributed by atoms with Crippen molar-refractivity contribution in [2.45, 2.75) is 33.7 Å². The normalized spacial score (nSPS) is 12.5. The number of aryl methyl sites for hydroxylation is 4. The zero-order valence-electron chi connectivity index (χ0n) is 11.9. The third-order valence-corrected chi connectivity index (χ3v) is 4.02. The predicted molar refractivity (Wildman–Crippen MR) is 82.9 cm³/mol. The molecule has 2 heteroatoms. The van der Waals surface area contributed by atoms with Gasteiger partial charge in [-0.05, 0) is 73.2 Å². The van der Waals surface area contributed by atoms with Gasteiger partial charge in [-0.25, -0.2) is 0 Å². The van der Waals surface area contributed by atoms with Crippen LogP contribution in [0.1, 0.15) is 39.4 Å². The number of hydrogen-bond donors (Lipinski definition) is 1. The van der Waals surface area contributed by atoms with Gasteiger partial charge in [-0.15, -0.1) is 0 Å². The first kappa shape index (κ1) is 14.1. The zero-order chi connectivity index (χ0) is 14.2. The van der Waals surface area contributed by atoms with E-state index in [0.717, 1.165) is 16.1 Å². The third kappa shape index (κ3) is 2.83. The molecule has 0 heterocycles. The van der Waals surface area contributed by atoms with Crippen LogP contribution in [0.2, 0.25) is 5.02 Å². The van der Waals surface area contributed by atoms with Gasteiger partial charge in [-0.2, -0.15) is 0 Å². The highest BCUT2D eigenvalue weighted by atomic mass is 35.5. The Balaban J connectivity index is 2.49. The molecule has 0 aromatic heterocycles. The Kier molecular flexibility index (Phi) is 3.98. The van der Waals surface area contributed by atoms with Gasteiger partial charge in [0.2, 0.25) is 0 Å². The minimum atomic E-state index is -0.100. The van der Waals surface area contributed by atoms with E-state index < -0.39 is 0 Å². The van der Waals surface area contributed by atoms with E-state index in [1.165, 1.54) is 22.3 Å². The van der Waals surface area contributed by atoms with Crippen LogP contribution in [0.15, 0.2) is 30.3 Å². The topological polar surface area (TPSA) is 26.0 Å². The minimum absolute atomic E-state index is 0.100. The number of nitrogens with two attached hydrogens (primary N) is 1. The lowest BCUT2D eigenvalue weighted by Crippen LogP contribution is -2.15. The maximum atomic E-state index is 6.44. The van der Waals surface area contributed by atoms with Crippen molar-refractivity contribution < 1.29 is 0 Å². The molecular weight excluding hydrogens is 254 g/mol. The maximum absolute atomic E-state index is 6.44. The molecule has 0 saturated heterocycles. The summed E-state index contributed by atoms with van der Waals surface area (Å²) in [6.45, 7) is 8.43. The van der Waals surface area contributed by atoms with Crippen molar-refractivity contribution in [1.82, 2.24) is 0 Å². The van der Waals surface area contributed by atoms with Crippen LogP contribution in [0.5, 0.6) is 0 Å². The average Bonchev–Trinajstić information content (AvgIpc) is 2.33. The maximum Gasteiger partial charge on any atom is 0.0556 e. The largest absolute Gasteiger partial charge is 0.320 e. The molecule has 1 unspecified atom stereocenters. The average molecular weight is 274 g/mol. The van der Waals surface area contributed by atoms with E-state index in [-0.39, 0.29) is 6.04 Å². The molecule has 2 aromatic carbocycles. The van der Waals surface area contributed by atoms with Gasteiger partial charge < -0.3 is 5.73 Å². The summed E-state index contributed by atoms with van der Waals surface area (Å²) in [4.78, 5) is 0. The van der Waals surface area contributed by atoms with Crippen molar-refractivity contribution in [3.63, 3.8) is 0 Å². The fourth-order valence-corrected chi connectivity index (χ4v) is 2.70. The number of halogens is 1. The lowest BCUT2D eigenvalue weighted by Gasteiger charge is -2.19. The van der Waals surface area contributed by atoms with Crippen LogP contribution in [0.4, 0.5) is 0 Å². The lowest BCUT2D eigenvalue weighted by atomic mass is 9.90. The second-order valence-corrected chi connectivity index (χ2v) is 5.71. The Morgan fingerprint density at radius 1 is 0.789 bits per heavy atom. The number of hydrogen-bond acceptors (Lipinski definition) is 1. The summed E-state index contributed by atoms with van der Waals surface area (Å²) in [6.07, 6.45) is 0. The van der Waals surface area contributed by atoms with E-state index in [2.05, 4.69) is 39.8 Å². The highest BCUT2D eigenvalue weighted by Gasteiger charge is 2.14. The predicted octanol–water partition coefficient (Wildman–Crippen LogP) is 4.62. The van der Waals surface area contributed by atoms with Crippen molar-refractivity contribution in [3.8, 4) is 0 Å². The van der Waals surface area contributed by atoms with Crippen LogP contribution < -0.4 is 5.73 Å². The van der Waals surface area contributed by atoms with Gasteiger partial charge in [0.05, 0.1) is 6.04 Å². The summed E-state index contributed by atoms with van der Waals surface area (Å²) in [6, 6.07) is 10.2. The van der Waals surface area contributed by atoms with Gasteiger partial charge in [0.15, 0.2) is 0 Å². The molecule has 0 radical (unpaired) electrons. The van der Waals surface area contributed by atoms with Gasteiger partial charge in [0.1, 0.15) is 0 Å². The molecule has 1 atom stereocenters. The van der Waals surface area contributed by atoms with Gasteiger partial charge in [-0.3, -0.25) is 0 Å². The van der Waals surface area contributed by atoms with Gasteiger partial charge >= 0.3 is 0 Å². The van der Waals surface area contributed by atoms with E-state index >= 15 is 0 Å². The van der Waals surface area contributed by atoms with Crippen molar-refractivity contribution in [2.24, 2.45) is 5.73 Å². The molecule has 0 bridgehead atoms. The summed E-state index contributed by atoms with van der Waals surface area (Å²) < 4.78 is 0. The second kappa shape index (κ2) is 5.36. The molecular formula is C17H20ClN. The molecule has 100 valence electrons. The molecule has 2 N–H and O–H groups in total. The Hall–Kier alpha value is -1.31. The van der Waals surface area contributed by atoms with E-state index in [4.69, 9.17) is 17.3 Å². The SMILES string of the molecule is Cc1cc(C)c(C(N)c2ccc(Cl)cc2C)cc1C. The summed E-state index contributed by atoms with van der Waals surface area (Å²) in [7, 11) is 0. The van der Waals surface area contributed by atoms with Gasteiger partial charge in [0.25, 0.3) is 0 Å². The Bertz CT molecular complexity index is 617. The van der Waals surface area contributed by atoms with Crippen molar-refractivity contribution >= 4 is 11.6 Å². The van der Waals surface area contributed by atoms with Crippen LogP contribution >= 0.6 is 11.6 Å². The van der Waals surface area contributed by atoms with Crippen LogP contribution in [-0.4, -0.2) is 0 Å². The molecule has 0 aliphatic carbocycles. The van der Waals surface area contributed by atoms with Gasteiger partial charge in [0, 0.05) is 5.02 Å². The van der Waals surface area contributed by atoms with E-state index in [0.29, 0.717) is 0 Å². The monoisotopic (exact) mass is 273 g/mol. The zero-order valence-corrected chi connectivity index (χ0v) is 12.7. The first-order chi connectivity index (χ1) is 8.90. The Morgan fingerprint density at radius 3 is 2.00 bits per heavy atom.